The quantitative estimate of drug-likeness (QED) is 0.803. The van der Waals surface area contributed by atoms with Crippen molar-refractivity contribution in [1.82, 2.24) is 24.3 Å². The third-order valence-corrected chi connectivity index (χ3v) is 4.80. The SMILES string of the molecule is Cc1cccc2nc(CNC(=O)C3CCc4nccn4CC3)cn12. The van der Waals surface area contributed by atoms with Crippen molar-refractivity contribution in [2.45, 2.75) is 39.3 Å². The first kappa shape index (κ1) is 14.9. The summed E-state index contributed by atoms with van der Waals surface area (Å²) in [4.78, 5) is 21.4. The van der Waals surface area contributed by atoms with Crippen LogP contribution in [0.5, 0.6) is 0 Å². The number of nitrogens with one attached hydrogen (secondary N) is 1. The molecule has 1 atom stereocenters. The highest BCUT2D eigenvalue weighted by atomic mass is 16.1. The predicted octanol–water partition coefficient (Wildman–Crippen LogP) is 2.11. The van der Waals surface area contributed by atoms with Gasteiger partial charge in [0, 0.05) is 43.2 Å². The van der Waals surface area contributed by atoms with Gasteiger partial charge in [0.1, 0.15) is 11.5 Å². The Bertz CT molecular complexity index is 856. The fourth-order valence-corrected chi connectivity index (χ4v) is 3.38. The molecular weight excluding hydrogens is 302 g/mol. The fraction of sp³-hybridized carbons (Fsp3) is 0.389. The lowest BCUT2D eigenvalue weighted by Crippen LogP contribution is -2.30. The monoisotopic (exact) mass is 323 g/mol. The molecule has 1 aliphatic rings. The second-order valence-electron chi connectivity index (χ2n) is 6.41. The Kier molecular flexibility index (Phi) is 3.80. The molecule has 1 aliphatic heterocycles. The van der Waals surface area contributed by atoms with E-state index in [1.807, 2.05) is 48.1 Å². The molecule has 124 valence electrons. The van der Waals surface area contributed by atoms with Crippen LogP contribution in [0.25, 0.3) is 5.65 Å². The molecule has 24 heavy (non-hydrogen) atoms. The summed E-state index contributed by atoms with van der Waals surface area (Å²) in [6.07, 6.45) is 8.40. The molecule has 0 fully saturated rings. The van der Waals surface area contributed by atoms with Crippen molar-refractivity contribution in [1.29, 1.82) is 0 Å². The number of amides is 1. The minimum absolute atomic E-state index is 0.0467. The van der Waals surface area contributed by atoms with E-state index >= 15 is 0 Å². The van der Waals surface area contributed by atoms with Crippen LogP contribution in [0.15, 0.2) is 36.8 Å². The molecule has 6 heteroatoms. The maximum absolute atomic E-state index is 12.5. The van der Waals surface area contributed by atoms with Gasteiger partial charge in [-0.1, -0.05) is 6.07 Å². The van der Waals surface area contributed by atoms with Crippen molar-refractivity contribution in [3.05, 3.63) is 54.0 Å². The number of hydrogen-bond acceptors (Lipinski definition) is 3. The van der Waals surface area contributed by atoms with E-state index in [0.717, 1.165) is 48.7 Å². The third-order valence-electron chi connectivity index (χ3n) is 4.80. The maximum Gasteiger partial charge on any atom is 0.223 e. The predicted molar refractivity (Wildman–Crippen MR) is 90.4 cm³/mol. The summed E-state index contributed by atoms with van der Waals surface area (Å²) in [6.45, 7) is 3.38. The van der Waals surface area contributed by atoms with E-state index in [0.29, 0.717) is 6.54 Å². The lowest BCUT2D eigenvalue weighted by atomic mass is 9.99. The highest BCUT2D eigenvalue weighted by Gasteiger charge is 2.22. The molecule has 6 nitrogen and oxygen atoms in total. The summed E-state index contributed by atoms with van der Waals surface area (Å²) in [5.74, 6) is 1.25. The van der Waals surface area contributed by atoms with Crippen molar-refractivity contribution in [2.24, 2.45) is 5.92 Å². The molecule has 1 unspecified atom stereocenters. The minimum Gasteiger partial charge on any atom is -0.350 e. The number of hydrogen-bond donors (Lipinski definition) is 1. The summed E-state index contributed by atoms with van der Waals surface area (Å²) < 4.78 is 4.20. The molecule has 1 amide bonds. The normalized spacial score (nSPS) is 17.5. The number of aromatic nitrogens is 4. The van der Waals surface area contributed by atoms with E-state index in [1.165, 1.54) is 0 Å². The molecule has 0 saturated carbocycles. The molecule has 0 bridgehead atoms. The summed E-state index contributed by atoms with van der Waals surface area (Å²) in [5, 5.41) is 3.05. The van der Waals surface area contributed by atoms with Gasteiger partial charge >= 0.3 is 0 Å². The van der Waals surface area contributed by atoms with Crippen molar-refractivity contribution in [2.75, 3.05) is 0 Å². The Morgan fingerprint density at radius 2 is 2.29 bits per heavy atom. The van der Waals surface area contributed by atoms with Crippen molar-refractivity contribution >= 4 is 11.6 Å². The number of rotatable bonds is 3. The van der Waals surface area contributed by atoms with Crippen LogP contribution in [0.4, 0.5) is 0 Å². The van der Waals surface area contributed by atoms with Crippen LogP contribution in [-0.4, -0.2) is 24.8 Å². The van der Waals surface area contributed by atoms with Crippen molar-refractivity contribution < 1.29 is 4.79 Å². The van der Waals surface area contributed by atoms with Gasteiger partial charge in [0.2, 0.25) is 5.91 Å². The number of aryl methyl sites for hydroxylation is 3. The van der Waals surface area contributed by atoms with Crippen LogP contribution < -0.4 is 5.32 Å². The Morgan fingerprint density at radius 3 is 3.17 bits per heavy atom. The summed E-state index contributed by atoms with van der Waals surface area (Å²) in [6, 6.07) is 6.02. The van der Waals surface area contributed by atoms with Gasteiger partial charge in [-0.15, -0.1) is 0 Å². The van der Waals surface area contributed by atoms with Gasteiger partial charge in [0.25, 0.3) is 0 Å². The van der Waals surface area contributed by atoms with Crippen LogP contribution in [0.3, 0.4) is 0 Å². The average molecular weight is 323 g/mol. The number of fused-ring (bicyclic) bond motifs is 2. The number of carbonyl (C=O) groups is 1. The molecule has 0 spiro atoms. The van der Waals surface area contributed by atoms with Crippen LogP contribution in [0.2, 0.25) is 0 Å². The second-order valence-corrected chi connectivity index (χ2v) is 6.41. The number of carbonyl (C=O) groups excluding carboxylic acids is 1. The average Bonchev–Trinajstić information content (AvgIpc) is 3.16. The first-order valence-electron chi connectivity index (χ1n) is 8.42. The van der Waals surface area contributed by atoms with E-state index in [4.69, 9.17) is 0 Å². The van der Waals surface area contributed by atoms with Gasteiger partial charge < -0.3 is 14.3 Å². The van der Waals surface area contributed by atoms with Gasteiger partial charge in [-0.05, 0) is 31.9 Å². The molecule has 1 N–H and O–H groups in total. The Hall–Kier alpha value is -2.63. The van der Waals surface area contributed by atoms with E-state index in [9.17, 15) is 4.79 Å². The first-order valence-corrected chi connectivity index (χ1v) is 8.42. The standard InChI is InChI=1S/C18H21N5O/c1-13-3-2-4-17-21-15(12-23(13)17)11-20-18(24)14-5-6-16-19-8-10-22(16)9-7-14/h2-4,8,10,12,14H,5-7,9,11H2,1H3,(H,20,24). The highest BCUT2D eigenvalue weighted by Crippen LogP contribution is 2.19. The zero-order chi connectivity index (χ0) is 16.5. The van der Waals surface area contributed by atoms with Gasteiger partial charge in [0.05, 0.1) is 12.2 Å². The molecule has 0 aromatic carbocycles. The number of pyridine rings is 1. The van der Waals surface area contributed by atoms with Gasteiger partial charge in [-0.2, -0.15) is 0 Å². The summed E-state index contributed by atoms with van der Waals surface area (Å²) >= 11 is 0. The Labute approximate surface area is 140 Å². The van der Waals surface area contributed by atoms with E-state index in [2.05, 4.69) is 19.9 Å². The van der Waals surface area contributed by atoms with Crippen LogP contribution in [0.1, 0.15) is 30.1 Å². The summed E-state index contributed by atoms with van der Waals surface area (Å²) in [7, 11) is 0. The summed E-state index contributed by atoms with van der Waals surface area (Å²) in [5.41, 5.74) is 2.94. The van der Waals surface area contributed by atoms with E-state index in [1.54, 1.807) is 0 Å². The maximum atomic E-state index is 12.5. The topological polar surface area (TPSA) is 64.2 Å². The molecule has 0 radical (unpaired) electrons. The van der Waals surface area contributed by atoms with Crippen LogP contribution >= 0.6 is 0 Å². The largest absolute Gasteiger partial charge is 0.350 e. The number of nitrogens with zero attached hydrogens (tertiary/aromatic N) is 4. The van der Waals surface area contributed by atoms with E-state index < -0.39 is 0 Å². The van der Waals surface area contributed by atoms with Gasteiger partial charge in [-0.25, -0.2) is 9.97 Å². The number of imidazole rings is 2. The molecule has 0 aliphatic carbocycles. The minimum atomic E-state index is 0.0467. The Balaban J connectivity index is 1.39. The van der Waals surface area contributed by atoms with E-state index in [-0.39, 0.29) is 11.8 Å². The zero-order valence-corrected chi connectivity index (χ0v) is 13.8. The van der Waals surface area contributed by atoms with Crippen LogP contribution in [-0.2, 0) is 24.3 Å². The molecule has 4 rings (SSSR count). The third kappa shape index (κ3) is 2.79. The van der Waals surface area contributed by atoms with Crippen LogP contribution in [0, 0.1) is 12.8 Å². The fourth-order valence-electron chi connectivity index (χ4n) is 3.38. The lowest BCUT2D eigenvalue weighted by molar-refractivity contribution is -0.125. The smallest absolute Gasteiger partial charge is 0.223 e. The molecular formula is C18H21N5O. The Morgan fingerprint density at radius 1 is 1.38 bits per heavy atom. The van der Waals surface area contributed by atoms with Gasteiger partial charge in [-0.3, -0.25) is 4.79 Å². The van der Waals surface area contributed by atoms with Gasteiger partial charge in [0.15, 0.2) is 0 Å². The second kappa shape index (κ2) is 6.11. The molecule has 4 heterocycles. The molecule has 0 saturated heterocycles. The first-order chi connectivity index (χ1) is 11.7. The molecule has 3 aromatic heterocycles. The highest BCUT2D eigenvalue weighted by molar-refractivity contribution is 5.78. The molecule has 3 aromatic rings. The van der Waals surface area contributed by atoms with Crippen molar-refractivity contribution in [3.8, 4) is 0 Å². The van der Waals surface area contributed by atoms with Crippen molar-refractivity contribution in [3.63, 3.8) is 0 Å². The lowest BCUT2D eigenvalue weighted by Gasteiger charge is -2.13. The zero-order valence-electron chi connectivity index (χ0n) is 13.8.